The monoisotopic (exact) mass is 354 g/mol. The Morgan fingerprint density at radius 2 is 1.81 bits per heavy atom. The van der Waals surface area contributed by atoms with E-state index < -0.39 is 0 Å². The Hall–Kier alpha value is -3.32. The van der Waals surface area contributed by atoms with Gasteiger partial charge < -0.3 is 5.32 Å². The second-order valence-electron chi connectivity index (χ2n) is 6.83. The molecular formula is C23H22N4. The highest BCUT2D eigenvalue weighted by atomic mass is 15.1. The lowest BCUT2D eigenvalue weighted by Crippen LogP contribution is -2.14. The van der Waals surface area contributed by atoms with Crippen molar-refractivity contribution in [1.82, 2.24) is 9.38 Å². The molecule has 0 spiro atoms. The van der Waals surface area contributed by atoms with Crippen molar-refractivity contribution in [3.8, 4) is 6.07 Å². The first kappa shape index (κ1) is 17.1. The van der Waals surface area contributed by atoms with Gasteiger partial charge in [0.25, 0.3) is 0 Å². The standard InChI is InChI=1S/C23H22N4/c1-4-18-15(2)19(14-24)23-26-20-12-8-9-13-21(20)27(23)22(18)25-16(3)17-10-6-5-7-11-17/h5-13,16,25H,4H2,1-3H3/t16-/m0/s1. The van der Waals surface area contributed by atoms with Crippen LogP contribution >= 0.6 is 0 Å². The van der Waals surface area contributed by atoms with E-state index in [-0.39, 0.29) is 6.04 Å². The lowest BCUT2D eigenvalue weighted by atomic mass is 10.0. The third-order valence-corrected chi connectivity index (χ3v) is 5.24. The molecule has 4 aromatic rings. The summed E-state index contributed by atoms with van der Waals surface area (Å²) < 4.78 is 2.11. The van der Waals surface area contributed by atoms with Crippen LogP contribution in [0.25, 0.3) is 16.7 Å². The van der Waals surface area contributed by atoms with Crippen LogP contribution in [-0.2, 0) is 6.42 Å². The molecule has 0 aliphatic rings. The molecule has 2 heterocycles. The summed E-state index contributed by atoms with van der Waals surface area (Å²) in [5, 5.41) is 13.5. The van der Waals surface area contributed by atoms with Gasteiger partial charge in [0.15, 0.2) is 5.65 Å². The number of pyridine rings is 1. The van der Waals surface area contributed by atoms with E-state index in [0.717, 1.165) is 40.0 Å². The molecule has 0 amide bonds. The predicted octanol–water partition coefficient (Wildman–Crippen LogP) is 5.40. The summed E-state index contributed by atoms with van der Waals surface area (Å²) >= 11 is 0. The molecule has 1 atom stereocenters. The van der Waals surface area contributed by atoms with Crippen LogP contribution in [0.3, 0.4) is 0 Å². The zero-order valence-electron chi connectivity index (χ0n) is 15.8. The molecular weight excluding hydrogens is 332 g/mol. The molecule has 0 aliphatic heterocycles. The van der Waals surface area contributed by atoms with Crippen LogP contribution in [0.5, 0.6) is 0 Å². The summed E-state index contributed by atoms with van der Waals surface area (Å²) in [4.78, 5) is 4.76. The molecule has 27 heavy (non-hydrogen) atoms. The van der Waals surface area contributed by atoms with Gasteiger partial charge in [-0.3, -0.25) is 4.40 Å². The van der Waals surface area contributed by atoms with Crippen molar-refractivity contribution in [3.63, 3.8) is 0 Å². The fourth-order valence-electron chi connectivity index (χ4n) is 3.80. The fourth-order valence-corrected chi connectivity index (χ4v) is 3.80. The second kappa shape index (κ2) is 6.77. The van der Waals surface area contributed by atoms with Crippen LogP contribution < -0.4 is 5.32 Å². The second-order valence-corrected chi connectivity index (χ2v) is 6.83. The number of anilines is 1. The van der Waals surface area contributed by atoms with E-state index in [1.165, 1.54) is 5.56 Å². The van der Waals surface area contributed by atoms with Gasteiger partial charge in [-0.1, -0.05) is 49.4 Å². The first-order valence-corrected chi connectivity index (χ1v) is 9.30. The first-order chi connectivity index (χ1) is 13.2. The average molecular weight is 354 g/mol. The summed E-state index contributed by atoms with van der Waals surface area (Å²) in [6, 6.07) is 21.0. The summed E-state index contributed by atoms with van der Waals surface area (Å²) in [5.74, 6) is 1.02. The maximum atomic E-state index is 9.79. The summed E-state index contributed by atoms with van der Waals surface area (Å²) in [6.45, 7) is 6.31. The zero-order chi connectivity index (χ0) is 19.0. The molecule has 0 saturated heterocycles. The number of nitrogens with one attached hydrogen (secondary N) is 1. The van der Waals surface area contributed by atoms with Gasteiger partial charge >= 0.3 is 0 Å². The lowest BCUT2D eigenvalue weighted by Gasteiger charge is -2.22. The number of hydrogen-bond donors (Lipinski definition) is 1. The van der Waals surface area contributed by atoms with Crippen LogP contribution in [0.2, 0.25) is 0 Å². The highest BCUT2D eigenvalue weighted by molar-refractivity contribution is 5.86. The molecule has 4 nitrogen and oxygen atoms in total. The Labute approximate surface area is 159 Å². The van der Waals surface area contributed by atoms with E-state index in [2.05, 4.69) is 60.0 Å². The van der Waals surface area contributed by atoms with Gasteiger partial charge in [0, 0.05) is 6.04 Å². The van der Waals surface area contributed by atoms with E-state index >= 15 is 0 Å². The van der Waals surface area contributed by atoms with Gasteiger partial charge in [-0.2, -0.15) is 5.26 Å². The number of aromatic nitrogens is 2. The van der Waals surface area contributed by atoms with Gasteiger partial charge in [-0.15, -0.1) is 0 Å². The summed E-state index contributed by atoms with van der Waals surface area (Å²) in [7, 11) is 0. The Morgan fingerprint density at radius 3 is 2.52 bits per heavy atom. The molecule has 1 N–H and O–H groups in total. The van der Waals surface area contributed by atoms with Crippen molar-refractivity contribution in [3.05, 3.63) is 76.9 Å². The Bertz CT molecular complexity index is 1170. The van der Waals surface area contributed by atoms with Crippen LogP contribution in [0.1, 0.15) is 42.1 Å². The quantitative estimate of drug-likeness (QED) is 0.533. The molecule has 0 aliphatic carbocycles. The number of nitriles is 1. The SMILES string of the molecule is CCc1c(C)c(C#N)c2nc3ccccc3n2c1N[C@@H](C)c1ccccc1. The van der Waals surface area contributed by atoms with E-state index in [1.807, 2.05) is 31.2 Å². The number of imidazole rings is 1. The van der Waals surface area contributed by atoms with Crippen molar-refractivity contribution < 1.29 is 0 Å². The van der Waals surface area contributed by atoms with E-state index in [1.54, 1.807) is 0 Å². The number of nitrogens with zero attached hydrogens (tertiary/aromatic N) is 3. The normalized spacial score (nSPS) is 12.2. The minimum Gasteiger partial charge on any atom is -0.364 e. The predicted molar refractivity (Wildman–Crippen MR) is 110 cm³/mol. The largest absolute Gasteiger partial charge is 0.364 e. The molecule has 0 bridgehead atoms. The molecule has 4 heteroatoms. The highest BCUT2D eigenvalue weighted by Crippen LogP contribution is 2.33. The third-order valence-electron chi connectivity index (χ3n) is 5.24. The minimum absolute atomic E-state index is 0.133. The van der Waals surface area contributed by atoms with Crippen LogP contribution in [0.15, 0.2) is 54.6 Å². The van der Waals surface area contributed by atoms with Crippen LogP contribution in [0.4, 0.5) is 5.82 Å². The molecule has 0 radical (unpaired) electrons. The fraction of sp³-hybridized carbons (Fsp3) is 0.217. The van der Waals surface area contributed by atoms with Gasteiger partial charge in [0.05, 0.1) is 16.6 Å². The van der Waals surface area contributed by atoms with Crippen molar-refractivity contribution in [2.75, 3.05) is 5.32 Å². The van der Waals surface area contributed by atoms with Crippen LogP contribution in [-0.4, -0.2) is 9.38 Å². The van der Waals surface area contributed by atoms with Crippen molar-refractivity contribution in [1.29, 1.82) is 5.26 Å². The summed E-state index contributed by atoms with van der Waals surface area (Å²) in [5.41, 5.74) is 6.67. The number of fused-ring (bicyclic) bond motifs is 3. The maximum Gasteiger partial charge on any atom is 0.157 e. The molecule has 0 saturated carbocycles. The zero-order valence-corrected chi connectivity index (χ0v) is 15.8. The van der Waals surface area contributed by atoms with Gasteiger partial charge in [-0.25, -0.2) is 4.98 Å². The topological polar surface area (TPSA) is 53.1 Å². The number of hydrogen-bond acceptors (Lipinski definition) is 3. The van der Waals surface area contributed by atoms with Crippen molar-refractivity contribution in [2.24, 2.45) is 0 Å². The van der Waals surface area contributed by atoms with E-state index in [0.29, 0.717) is 5.56 Å². The molecule has 2 aromatic carbocycles. The van der Waals surface area contributed by atoms with Gasteiger partial charge in [0.1, 0.15) is 11.9 Å². The molecule has 0 unspecified atom stereocenters. The lowest BCUT2D eigenvalue weighted by molar-refractivity contribution is 0.860. The molecule has 4 rings (SSSR count). The van der Waals surface area contributed by atoms with Crippen molar-refractivity contribution in [2.45, 2.75) is 33.2 Å². The Balaban J connectivity index is 2.02. The Morgan fingerprint density at radius 1 is 1.11 bits per heavy atom. The summed E-state index contributed by atoms with van der Waals surface area (Å²) in [6.07, 6.45) is 0.840. The maximum absolute atomic E-state index is 9.79. The molecule has 2 aromatic heterocycles. The molecule has 134 valence electrons. The smallest absolute Gasteiger partial charge is 0.157 e. The third kappa shape index (κ3) is 2.72. The number of para-hydroxylation sites is 2. The van der Waals surface area contributed by atoms with E-state index in [4.69, 9.17) is 4.98 Å². The van der Waals surface area contributed by atoms with Gasteiger partial charge in [0.2, 0.25) is 0 Å². The number of rotatable bonds is 4. The van der Waals surface area contributed by atoms with Crippen LogP contribution in [0, 0.1) is 18.3 Å². The Kier molecular flexibility index (Phi) is 4.29. The molecule has 0 fully saturated rings. The minimum atomic E-state index is 0.133. The highest BCUT2D eigenvalue weighted by Gasteiger charge is 2.21. The van der Waals surface area contributed by atoms with Crippen molar-refractivity contribution >= 4 is 22.5 Å². The van der Waals surface area contributed by atoms with E-state index in [9.17, 15) is 5.26 Å². The van der Waals surface area contributed by atoms with Gasteiger partial charge in [-0.05, 0) is 49.1 Å². The first-order valence-electron chi connectivity index (χ1n) is 9.30. The number of benzene rings is 2. The average Bonchev–Trinajstić information content (AvgIpc) is 3.08.